The van der Waals surface area contributed by atoms with Crippen molar-refractivity contribution in [3.05, 3.63) is 70.2 Å². The molecule has 1 fully saturated rings. The van der Waals surface area contributed by atoms with Gasteiger partial charge in [-0.05, 0) is 18.6 Å². The molecule has 1 aliphatic rings. The summed E-state index contributed by atoms with van der Waals surface area (Å²) in [7, 11) is 0. The van der Waals surface area contributed by atoms with Crippen molar-refractivity contribution in [1.82, 2.24) is 5.01 Å². The number of nitrogens with one attached hydrogen (secondary N) is 1. The van der Waals surface area contributed by atoms with Crippen LogP contribution in [-0.2, 0) is 6.54 Å². The maximum atomic E-state index is 6.25. The molecule has 2 aromatic rings. The quantitative estimate of drug-likeness (QED) is 0.854. The summed E-state index contributed by atoms with van der Waals surface area (Å²) >= 11 is 6.25. The van der Waals surface area contributed by atoms with E-state index in [1.54, 1.807) is 4.90 Å². The summed E-state index contributed by atoms with van der Waals surface area (Å²) in [6, 6.07) is 16.6. The van der Waals surface area contributed by atoms with Crippen molar-refractivity contribution in [2.75, 3.05) is 26.2 Å². The van der Waals surface area contributed by atoms with Crippen LogP contribution in [0.15, 0.2) is 53.6 Å². The average Bonchev–Trinajstić information content (AvgIpc) is 2.58. The molecule has 0 spiro atoms. The van der Waals surface area contributed by atoms with E-state index < -0.39 is 0 Å². The zero-order valence-electron chi connectivity index (χ0n) is 13.5. The maximum absolute atomic E-state index is 6.25. The monoisotopic (exact) mass is 328 g/mol. The van der Waals surface area contributed by atoms with Gasteiger partial charge in [-0.1, -0.05) is 59.6 Å². The molecule has 1 aliphatic heterocycles. The van der Waals surface area contributed by atoms with Crippen LogP contribution in [0.3, 0.4) is 0 Å². The number of benzene rings is 2. The zero-order valence-corrected chi connectivity index (χ0v) is 14.3. The highest BCUT2D eigenvalue weighted by Gasteiger charge is 2.19. The Labute approximate surface area is 143 Å². The Morgan fingerprint density at radius 3 is 2.48 bits per heavy atom. The minimum atomic E-state index is 0.875. The van der Waals surface area contributed by atoms with Gasteiger partial charge in [0.1, 0.15) is 6.54 Å². The van der Waals surface area contributed by atoms with Gasteiger partial charge >= 0.3 is 0 Å². The topological polar surface area (TPSA) is 20.0 Å². The Morgan fingerprint density at radius 2 is 1.78 bits per heavy atom. The Balaban J connectivity index is 1.50. The van der Waals surface area contributed by atoms with Gasteiger partial charge in [0.15, 0.2) is 0 Å². The molecule has 120 valence electrons. The third-order valence-electron chi connectivity index (χ3n) is 4.29. The first kappa shape index (κ1) is 16.0. The zero-order chi connectivity index (χ0) is 16.1. The summed E-state index contributed by atoms with van der Waals surface area (Å²) < 4.78 is 0. The van der Waals surface area contributed by atoms with Gasteiger partial charge in [-0.15, -0.1) is 0 Å². The Kier molecular flexibility index (Phi) is 5.31. The molecule has 0 aliphatic carbocycles. The molecule has 0 aromatic heterocycles. The van der Waals surface area contributed by atoms with E-state index in [-0.39, 0.29) is 0 Å². The number of aryl methyl sites for hydroxylation is 1. The fourth-order valence-corrected chi connectivity index (χ4v) is 3.02. The first-order valence-corrected chi connectivity index (χ1v) is 8.51. The number of nitrogens with zero attached hydrogens (tertiary/aromatic N) is 2. The van der Waals surface area contributed by atoms with E-state index in [0.29, 0.717) is 0 Å². The standard InChI is InChI=1S/C19H22ClN3/c1-16-6-8-17(9-7-16)14-21-23-12-10-22(11-13-23)15-18-4-2-3-5-19(18)20/h2-9,14H,10-13,15H2,1H3/p+1/b21-14+. The van der Waals surface area contributed by atoms with Crippen molar-refractivity contribution in [3.63, 3.8) is 0 Å². The highest BCUT2D eigenvalue weighted by atomic mass is 35.5. The molecule has 3 nitrogen and oxygen atoms in total. The van der Waals surface area contributed by atoms with Crippen LogP contribution < -0.4 is 4.90 Å². The third-order valence-corrected chi connectivity index (χ3v) is 4.66. The molecule has 1 N–H and O–H groups in total. The van der Waals surface area contributed by atoms with E-state index in [2.05, 4.69) is 53.4 Å². The van der Waals surface area contributed by atoms with Gasteiger partial charge in [-0.2, -0.15) is 5.10 Å². The molecule has 4 heteroatoms. The van der Waals surface area contributed by atoms with Crippen LogP contribution in [0.2, 0.25) is 5.02 Å². The average molecular weight is 329 g/mol. The molecule has 3 rings (SSSR count). The molecule has 0 bridgehead atoms. The number of piperazine rings is 1. The van der Waals surface area contributed by atoms with Crippen molar-refractivity contribution in [2.24, 2.45) is 5.10 Å². The minimum Gasteiger partial charge on any atom is -0.328 e. The van der Waals surface area contributed by atoms with Crippen LogP contribution in [0.25, 0.3) is 0 Å². The maximum Gasteiger partial charge on any atom is 0.104 e. The second-order valence-corrected chi connectivity index (χ2v) is 6.53. The number of rotatable bonds is 4. The fourth-order valence-electron chi connectivity index (χ4n) is 2.82. The SMILES string of the molecule is Cc1ccc(/C=N/N2CC[NH+](Cc3ccccc3Cl)CC2)cc1. The molecule has 0 unspecified atom stereocenters. The Hall–Kier alpha value is -1.84. The molecule has 1 saturated heterocycles. The van der Waals surface area contributed by atoms with Crippen molar-refractivity contribution >= 4 is 17.8 Å². The predicted octanol–water partition coefficient (Wildman–Crippen LogP) is 2.38. The van der Waals surface area contributed by atoms with E-state index in [9.17, 15) is 0 Å². The fraction of sp³-hybridized carbons (Fsp3) is 0.316. The molecule has 0 radical (unpaired) electrons. The van der Waals surface area contributed by atoms with Crippen LogP contribution in [-0.4, -0.2) is 37.4 Å². The van der Waals surface area contributed by atoms with Crippen molar-refractivity contribution in [3.8, 4) is 0 Å². The lowest BCUT2D eigenvalue weighted by Gasteiger charge is -2.30. The summed E-state index contributed by atoms with van der Waals surface area (Å²) in [5.41, 5.74) is 3.67. The minimum absolute atomic E-state index is 0.875. The van der Waals surface area contributed by atoms with Gasteiger partial charge < -0.3 is 4.90 Å². The summed E-state index contributed by atoms with van der Waals surface area (Å²) in [6.07, 6.45) is 1.96. The molecular weight excluding hydrogens is 306 g/mol. The molecule has 0 atom stereocenters. The van der Waals surface area contributed by atoms with Gasteiger partial charge in [0, 0.05) is 10.6 Å². The van der Waals surface area contributed by atoms with Crippen molar-refractivity contribution in [1.29, 1.82) is 0 Å². The van der Waals surface area contributed by atoms with Crippen molar-refractivity contribution in [2.45, 2.75) is 13.5 Å². The van der Waals surface area contributed by atoms with Crippen LogP contribution in [0.4, 0.5) is 0 Å². The number of hydrazone groups is 1. The Morgan fingerprint density at radius 1 is 1.09 bits per heavy atom. The highest BCUT2D eigenvalue weighted by Crippen LogP contribution is 2.13. The van der Waals surface area contributed by atoms with E-state index in [1.165, 1.54) is 11.1 Å². The van der Waals surface area contributed by atoms with Gasteiger partial charge in [-0.3, -0.25) is 5.01 Å². The summed E-state index contributed by atoms with van der Waals surface area (Å²) in [6.45, 7) is 7.26. The molecule has 1 heterocycles. The molecule has 2 aromatic carbocycles. The summed E-state index contributed by atoms with van der Waals surface area (Å²) in [4.78, 5) is 1.57. The Bertz CT molecular complexity index is 659. The first-order valence-electron chi connectivity index (χ1n) is 8.13. The normalized spacial score (nSPS) is 16.2. The van der Waals surface area contributed by atoms with Crippen LogP contribution in [0, 0.1) is 6.92 Å². The summed E-state index contributed by atoms with van der Waals surface area (Å²) in [5.74, 6) is 0. The van der Waals surface area contributed by atoms with E-state index in [1.807, 2.05) is 18.3 Å². The van der Waals surface area contributed by atoms with E-state index in [0.717, 1.165) is 43.3 Å². The highest BCUT2D eigenvalue weighted by molar-refractivity contribution is 6.31. The molecule has 0 saturated carbocycles. The molecular formula is C19H23ClN3+. The lowest BCUT2D eigenvalue weighted by molar-refractivity contribution is -0.918. The third kappa shape index (κ3) is 4.57. The van der Waals surface area contributed by atoms with Crippen molar-refractivity contribution < 1.29 is 4.90 Å². The lowest BCUT2D eigenvalue weighted by Crippen LogP contribution is -3.13. The predicted molar refractivity (Wildman–Crippen MR) is 96.2 cm³/mol. The smallest absolute Gasteiger partial charge is 0.104 e. The number of hydrogen-bond donors (Lipinski definition) is 1. The second-order valence-electron chi connectivity index (χ2n) is 6.13. The first-order chi connectivity index (χ1) is 11.2. The number of hydrogen-bond acceptors (Lipinski definition) is 2. The van der Waals surface area contributed by atoms with Gasteiger partial charge in [0.2, 0.25) is 0 Å². The molecule has 23 heavy (non-hydrogen) atoms. The second kappa shape index (κ2) is 7.62. The lowest BCUT2D eigenvalue weighted by atomic mass is 10.2. The van der Waals surface area contributed by atoms with E-state index >= 15 is 0 Å². The summed E-state index contributed by atoms with van der Waals surface area (Å²) in [5, 5.41) is 7.65. The van der Waals surface area contributed by atoms with Gasteiger partial charge in [0.05, 0.1) is 32.4 Å². The van der Waals surface area contributed by atoms with E-state index in [4.69, 9.17) is 11.6 Å². The van der Waals surface area contributed by atoms with Gasteiger partial charge in [-0.25, -0.2) is 0 Å². The number of quaternary nitrogens is 1. The van der Waals surface area contributed by atoms with Gasteiger partial charge in [0.25, 0.3) is 0 Å². The van der Waals surface area contributed by atoms with Crippen LogP contribution in [0.5, 0.6) is 0 Å². The van der Waals surface area contributed by atoms with Crippen LogP contribution >= 0.6 is 11.6 Å². The largest absolute Gasteiger partial charge is 0.328 e. The number of halogens is 1. The molecule has 0 amide bonds. The van der Waals surface area contributed by atoms with Crippen LogP contribution in [0.1, 0.15) is 16.7 Å².